The minimum atomic E-state index is 0. The van der Waals surface area contributed by atoms with Crippen molar-refractivity contribution in [3.8, 4) is 0 Å². The Morgan fingerprint density at radius 3 is 0.485 bits per heavy atom. The minimum absolute atomic E-state index is 0. The van der Waals surface area contributed by atoms with Crippen molar-refractivity contribution < 1.29 is 42.1 Å². The normalized spacial score (nSPS) is 24.4. The van der Waals surface area contributed by atoms with Crippen molar-refractivity contribution in [2.45, 2.75) is 179 Å². The second kappa shape index (κ2) is 24.3. The van der Waals surface area contributed by atoms with E-state index in [9.17, 15) is 0 Å². The summed E-state index contributed by atoms with van der Waals surface area (Å²) in [5.74, 6) is 0. The molecule has 4 saturated carbocycles. The van der Waals surface area contributed by atoms with Crippen molar-refractivity contribution >= 4 is 0 Å². The summed E-state index contributed by atoms with van der Waals surface area (Å²) >= 11 is 0. The average molecular weight is 505 g/mol. The molecule has 0 aliphatic heterocycles. The molecule has 4 N–H and O–H groups in total. The van der Waals surface area contributed by atoms with Gasteiger partial charge >= 0.3 is 0 Å². The first-order chi connectivity index (χ1) is 15.6. The third kappa shape index (κ3) is 22.7. The Labute approximate surface area is 220 Å². The van der Waals surface area contributed by atoms with E-state index < -0.39 is 0 Å². The van der Waals surface area contributed by atoms with E-state index in [1.54, 1.807) is 0 Å². The van der Waals surface area contributed by atoms with Crippen LogP contribution in [0.5, 0.6) is 0 Å². The van der Waals surface area contributed by atoms with E-state index in [2.05, 4.69) is 0 Å². The number of hydrogen-bond acceptors (Lipinski definition) is 4. The first-order valence-corrected chi connectivity index (χ1v) is 14.3. The van der Waals surface area contributed by atoms with Crippen LogP contribution < -0.4 is 0 Å². The van der Waals surface area contributed by atoms with E-state index in [1.165, 1.54) is 103 Å². The van der Waals surface area contributed by atoms with E-state index in [-0.39, 0.29) is 46.1 Å². The first kappa shape index (κ1) is 33.6. The second-order valence-corrected chi connectivity index (χ2v) is 10.6. The topological polar surface area (TPSA) is 80.9 Å². The second-order valence-electron chi connectivity index (χ2n) is 10.6. The van der Waals surface area contributed by atoms with Crippen LogP contribution in [-0.4, -0.2) is 44.8 Å². The van der Waals surface area contributed by atoms with Gasteiger partial charge in [-0.05, 0) is 51.4 Å². The van der Waals surface area contributed by atoms with Gasteiger partial charge in [0.15, 0.2) is 0 Å². The molecule has 4 nitrogen and oxygen atoms in total. The van der Waals surface area contributed by atoms with Crippen LogP contribution in [0.4, 0.5) is 0 Å². The fraction of sp³-hybridized carbons (Fsp3) is 1.00. The Morgan fingerprint density at radius 1 is 0.242 bits per heavy atom. The molecule has 4 aliphatic rings. The summed E-state index contributed by atoms with van der Waals surface area (Å²) < 4.78 is 0. The van der Waals surface area contributed by atoms with Gasteiger partial charge in [0.05, 0.1) is 24.4 Å². The van der Waals surface area contributed by atoms with Crippen LogP contribution in [0.25, 0.3) is 0 Å². The summed E-state index contributed by atoms with van der Waals surface area (Å²) in [7, 11) is 0. The number of aliphatic hydroxyl groups excluding tert-OH is 4. The number of aliphatic hydroxyl groups is 4. The SMILES string of the molecule is OC1CCCCCC1.OC1CCCCCC1.OC1CCCCCC1.OC1CCCCCC1.[Ti]. The molecule has 196 valence electrons. The van der Waals surface area contributed by atoms with Gasteiger partial charge in [0.25, 0.3) is 0 Å². The van der Waals surface area contributed by atoms with E-state index >= 15 is 0 Å². The van der Waals surface area contributed by atoms with Crippen LogP contribution in [0, 0.1) is 0 Å². The van der Waals surface area contributed by atoms with Crippen molar-refractivity contribution in [2.75, 3.05) is 0 Å². The number of hydrogen-bond donors (Lipinski definition) is 4. The molecule has 0 bridgehead atoms. The van der Waals surface area contributed by atoms with Crippen LogP contribution in [0.2, 0.25) is 0 Å². The predicted octanol–water partition coefficient (Wildman–Crippen LogP) is 6.80. The molecule has 0 spiro atoms. The van der Waals surface area contributed by atoms with Crippen LogP contribution in [0.1, 0.15) is 154 Å². The smallest absolute Gasteiger partial charge is 0.0540 e. The van der Waals surface area contributed by atoms with Crippen LogP contribution in [0.15, 0.2) is 0 Å². The van der Waals surface area contributed by atoms with Gasteiger partial charge in [-0.3, -0.25) is 0 Å². The van der Waals surface area contributed by atoms with Gasteiger partial charge in [-0.15, -0.1) is 0 Å². The van der Waals surface area contributed by atoms with E-state index in [0.717, 1.165) is 51.4 Å². The molecule has 0 saturated heterocycles. The van der Waals surface area contributed by atoms with Crippen molar-refractivity contribution in [1.82, 2.24) is 0 Å². The summed E-state index contributed by atoms with van der Waals surface area (Å²) in [6, 6.07) is 0. The molecule has 33 heavy (non-hydrogen) atoms. The van der Waals surface area contributed by atoms with Gasteiger partial charge in [-0.1, -0.05) is 103 Å². The Bertz CT molecular complexity index is 292. The molecular formula is C28H56O4Ti. The van der Waals surface area contributed by atoms with Crippen LogP contribution >= 0.6 is 0 Å². The molecule has 4 fully saturated rings. The molecule has 0 atom stereocenters. The zero-order chi connectivity index (χ0) is 23.3. The maximum Gasteiger partial charge on any atom is 0.0540 e. The summed E-state index contributed by atoms with van der Waals surface area (Å²) in [6.45, 7) is 0. The van der Waals surface area contributed by atoms with E-state index in [1.807, 2.05) is 0 Å². The first-order valence-electron chi connectivity index (χ1n) is 14.3. The number of rotatable bonds is 0. The zero-order valence-electron chi connectivity index (χ0n) is 21.6. The molecule has 0 unspecified atom stereocenters. The Kier molecular flexibility index (Phi) is 24.7. The molecule has 0 aromatic carbocycles. The fourth-order valence-corrected chi connectivity index (χ4v) is 5.03. The van der Waals surface area contributed by atoms with Gasteiger partial charge in [-0.2, -0.15) is 0 Å². The van der Waals surface area contributed by atoms with Gasteiger partial charge in [0.1, 0.15) is 0 Å². The maximum absolute atomic E-state index is 9.09. The molecule has 4 aliphatic carbocycles. The summed E-state index contributed by atoms with van der Waals surface area (Å²) in [4.78, 5) is 0. The molecule has 0 amide bonds. The fourth-order valence-electron chi connectivity index (χ4n) is 5.03. The predicted molar refractivity (Wildman–Crippen MR) is 135 cm³/mol. The zero-order valence-corrected chi connectivity index (χ0v) is 23.1. The van der Waals surface area contributed by atoms with Crippen molar-refractivity contribution in [1.29, 1.82) is 0 Å². The molecule has 0 heterocycles. The molecule has 0 radical (unpaired) electrons. The monoisotopic (exact) mass is 504 g/mol. The third-order valence-corrected chi connectivity index (χ3v) is 7.30. The van der Waals surface area contributed by atoms with Crippen LogP contribution in [0.3, 0.4) is 0 Å². The van der Waals surface area contributed by atoms with Crippen molar-refractivity contribution in [3.05, 3.63) is 0 Å². The minimum Gasteiger partial charge on any atom is -0.393 e. The largest absolute Gasteiger partial charge is 0.393 e. The Morgan fingerprint density at radius 2 is 0.364 bits per heavy atom. The summed E-state index contributed by atoms with van der Waals surface area (Å²) in [5, 5.41) is 36.4. The summed E-state index contributed by atoms with van der Waals surface area (Å²) in [5.41, 5.74) is 0. The van der Waals surface area contributed by atoms with E-state index in [4.69, 9.17) is 20.4 Å². The molecule has 4 rings (SSSR count). The summed E-state index contributed by atoms with van der Waals surface area (Å²) in [6.07, 6.45) is 29.0. The van der Waals surface area contributed by atoms with Crippen molar-refractivity contribution in [3.63, 3.8) is 0 Å². The standard InChI is InChI=1S/4C7H14O.Ti/c4*8-7-5-3-1-2-4-6-7;/h4*7-8H,1-6H2;. The molecule has 5 heteroatoms. The quantitative estimate of drug-likeness (QED) is 0.216. The van der Waals surface area contributed by atoms with E-state index in [0.29, 0.717) is 0 Å². The van der Waals surface area contributed by atoms with Crippen molar-refractivity contribution in [2.24, 2.45) is 0 Å². The van der Waals surface area contributed by atoms with Gasteiger partial charge in [0, 0.05) is 21.7 Å². The Hall–Kier alpha value is 0.554. The maximum atomic E-state index is 9.09. The molecular weight excluding hydrogens is 448 g/mol. The molecule has 0 aromatic heterocycles. The van der Waals surface area contributed by atoms with Gasteiger partial charge in [-0.25, -0.2) is 0 Å². The van der Waals surface area contributed by atoms with Gasteiger partial charge < -0.3 is 20.4 Å². The third-order valence-electron chi connectivity index (χ3n) is 7.30. The Balaban J connectivity index is 0.000000410. The average Bonchev–Trinajstić information content (AvgIpc) is 3.35. The van der Waals surface area contributed by atoms with Crippen LogP contribution in [-0.2, 0) is 21.7 Å². The van der Waals surface area contributed by atoms with Gasteiger partial charge in [0.2, 0.25) is 0 Å². The molecule has 0 aromatic rings.